The summed E-state index contributed by atoms with van der Waals surface area (Å²) in [6.45, 7) is 14.4. The van der Waals surface area contributed by atoms with E-state index in [1.807, 2.05) is 11.3 Å². The second-order valence-electron chi connectivity index (χ2n) is 8.13. The summed E-state index contributed by atoms with van der Waals surface area (Å²) in [5, 5.41) is 12.3. The molecule has 3 rings (SSSR count). The molecule has 0 aromatic carbocycles. The van der Waals surface area contributed by atoms with Gasteiger partial charge in [0.1, 0.15) is 5.01 Å². The molecule has 0 aliphatic carbocycles. The summed E-state index contributed by atoms with van der Waals surface area (Å²) < 4.78 is 5.54. The van der Waals surface area contributed by atoms with Crippen molar-refractivity contribution in [3.63, 3.8) is 0 Å². The van der Waals surface area contributed by atoms with Crippen molar-refractivity contribution in [3.8, 4) is 0 Å². The number of aliphatic imine (C=N–C) groups is 1. The Balaban J connectivity index is 1.65. The van der Waals surface area contributed by atoms with Crippen molar-refractivity contribution in [2.45, 2.75) is 45.7 Å². The third-order valence-electron chi connectivity index (χ3n) is 4.86. The molecule has 2 aromatic rings. The molecular weight excluding hydrogens is 402 g/mol. The van der Waals surface area contributed by atoms with Crippen LogP contribution in [0.2, 0.25) is 0 Å². The fourth-order valence-electron chi connectivity index (χ4n) is 3.19. The Kier molecular flexibility index (Phi) is 8.06. The average Bonchev–Trinajstić information content (AvgIpc) is 3.39. The number of hydrogen-bond donors (Lipinski definition) is 2. The van der Waals surface area contributed by atoms with E-state index in [0.717, 1.165) is 56.1 Å². The van der Waals surface area contributed by atoms with Crippen LogP contribution in [0.5, 0.6) is 0 Å². The monoisotopic (exact) mass is 435 g/mol. The Morgan fingerprint density at radius 1 is 1.28 bits per heavy atom. The van der Waals surface area contributed by atoms with E-state index in [2.05, 4.69) is 66.1 Å². The third kappa shape index (κ3) is 6.50. The van der Waals surface area contributed by atoms with Crippen LogP contribution in [0, 0.1) is 0 Å². The first-order chi connectivity index (χ1) is 14.0. The number of ether oxygens (including phenoxy) is 1. The summed E-state index contributed by atoms with van der Waals surface area (Å²) in [6.07, 6.45) is 0. The van der Waals surface area contributed by atoms with E-state index in [1.165, 1.54) is 4.88 Å². The van der Waals surface area contributed by atoms with Crippen LogP contribution >= 0.6 is 22.7 Å². The molecule has 0 amide bonds. The maximum atomic E-state index is 5.54. The highest BCUT2D eigenvalue weighted by Gasteiger charge is 2.23. The van der Waals surface area contributed by atoms with Gasteiger partial charge in [-0.05, 0) is 18.4 Å². The lowest BCUT2D eigenvalue weighted by Gasteiger charge is -2.34. The minimum absolute atomic E-state index is 0.0767. The van der Waals surface area contributed by atoms with E-state index in [9.17, 15) is 0 Å². The molecule has 1 fully saturated rings. The first-order valence-electron chi connectivity index (χ1n) is 10.3. The Hall–Kier alpha value is -1.48. The van der Waals surface area contributed by atoms with E-state index < -0.39 is 0 Å². The van der Waals surface area contributed by atoms with Gasteiger partial charge in [-0.25, -0.2) is 9.98 Å². The lowest BCUT2D eigenvalue weighted by molar-refractivity contribution is 0.0177. The molecule has 2 N–H and O–H groups in total. The number of morpholine rings is 1. The van der Waals surface area contributed by atoms with Crippen LogP contribution in [0.4, 0.5) is 0 Å². The Morgan fingerprint density at radius 3 is 2.69 bits per heavy atom. The van der Waals surface area contributed by atoms with Crippen molar-refractivity contribution < 1.29 is 4.74 Å². The maximum absolute atomic E-state index is 5.54. The quantitative estimate of drug-likeness (QED) is 0.514. The van der Waals surface area contributed by atoms with E-state index in [0.29, 0.717) is 12.6 Å². The highest BCUT2D eigenvalue weighted by molar-refractivity contribution is 7.10. The molecule has 1 aliphatic rings. The fraction of sp³-hybridized carbons (Fsp3) is 0.619. The predicted molar refractivity (Wildman–Crippen MR) is 123 cm³/mol. The van der Waals surface area contributed by atoms with Gasteiger partial charge in [0.25, 0.3) is 0 Å². The number of nitrogens with zero attached hydrogens (tertiary/aromatic N) is 3. The summed E-state index contributed by atoms with van der Waals surface area (Å²) in [6, 6.07) is 4.68. The van der Waals surface area contributed by atoms with Gasteiger partial charge < -0.3 is 15.4 Å². The van der Waals surface area contributed by atoms with Gasteiger partial charge in [0, 0.05) is 41.9 Å². The number of guanidine groups is 1. The van der Waals surface area contributed by atoms with Crippen LogP contribution in [0.15, 0.2) is 27.9 Å². The molecule has 6 nitrogen and oxygen atoms in total. The molecule has 1 aliphatic heterocycles. The lowest BCUT2D eigenvalue weighted by Crippen LogP contribution is -2.46. The number of rotatable bonds is 7. The summed E-state index contributed by atoms with van der Waals surface area (Å²) in [4.78, 5) is 13.4. The molecule has 2 aromatic heterocycles. The molecule has 29 heavy (non-hydrogen) atoms. The van der Waals surface area contributed by atoms with Gasteiger partial charge in [-0.3, -0.25) is 4.90 Å². The van der Waals surface area contributed by atoms with Crippen LogP contribution < -0.4 is 10.6 Å². The van der Waals surface area contributed by atoms with E-state index in [-0.39, 0.29) is 5.41 Å². The molecule has 1 unspecified atom stereocenters. The first-order valence-corrected chi connectivity index (χ1v) is 12.1. The molecule has 160 valence electrons. The van der Waals surface area contributed by atoms with Gasteiger partial charge in [0.05, 0.1) is 31.5 Å². The van der Waals surface area contributed by atoms with Crippen molar-refractivity contribution >= 4 is 28.6 Å². The molecule has 0 spiro atoms. The van der Waals surface area contributed by atoms with Gasteiger partial charge >= 0.3 is 0 Å². The zero-order valence-corrected chi connectivity index (χ0v) is 19.5. The highest BCUT2D eigenvalue weighted by Crippen LogP contribution is 2.26. The van der Waals surface area contributed by atoms with Gasteiger partial charge in [-0.1, -0.05) is 26.8 Å². The second-order valence-corrected chi connectivity index (χ2v) is 10.1. The van der Waals surface area contributed by atoms with Gasteiger partial charge in [-0.2, -0.15) is 0 Å². The normalized spacial score (nSPS) is 17.3. The minimum atomic E-state index is 0.0767. The topological polar surface area (TPSA) is 61.8 Å². The Morgan fingerprint density at radius 2 is 2.07 bits per heavy atom. The largest absolute Gasteiger partial charge is 0.379 e. The number of thiophene rings is 1. The van der Waals surface area contributed by atoms with Crippen LogP contribution in [0.25, 0.3) is 0 Å². The summed E-state index contributed by atoms with van der Waals surface area (Å²) >= 11 is 3.50. The van der Waals surface area contributed by atoms with E-state index in [1.54, 1.807) is 11.3 Å². The van der Waals surface area contributed by atoms with Crippen LogP contribution in [0.1, 0.15) is 49.3 Å². The van der Waals surface area contributed by atoms with Crippen molar-refractivity contribution in [2.24, 2.45) is 4.99 Å². The Labute approximate surface area is 182 Å². The standard InChI is InChI=1S/C21H33N5OS2/c1-5-22-20(24-14-19-25-18(15-29-19)21(2,3)4)23-13-16(17-7-6-12-28-17)26-8-10-27-11-9-26/h6-7,12,15-16H,5,8-11,13-14H2,1-4H3,(H2,22,23,24). The van der Waals surface area contributed by atoms with Crippen molar-refractivity contribution in [1.82, 2.24) is 20.5 Å². The summed E-state index contributed by atoms with van der Waals surface area (Å²) in [7, 11) is 0. The van der Waals surface area contributed by atoms with Crippen LogP contribution in [-0.4, -0.2) is 55.2 Å². The maximum Gasteiger partial charge on any atom is 0.191 e. The molecular formula is C21H33N5OS2. The zero-order valence-electron chi connectivity index (χ0n) is 17.9. The van der Waals surface area contributed by atoms with Gasteiger partial charge in [0.15, 0.2) is 5.96 Å². The summed E-state index contributed by atoms with van der Waals surface area (Å²) in [5.41, 5.74) is 1.21. The molecule has 3 heterocycles. The Bertz CT molecular complexity index is 760. The minimum Gasteiger partial charge on any atom is -0.379 e. The van der Waals surface area contributed by atoms with Gasteiger partial charge in [-0.15, -0.1) is 22.7 Å². The molecule has 1 atom stereocenters. The number of nitrogens with one attached hydrogen (secondary N) is 2. The second kappa shape index (κ2) is 10.5. The van der Waals surface area contributed by atoms with E-state index >= 15 is 0 Å². The molecule has 0 bridgehead atoms. The number of thiazole rings is 1. The molecule has 8 heteroatoms. The zero-order chi connectivity index (χ0) is 20.7. The number of aromatic nitrogens is 1. The summed E-state index contributed by atoms with van der Waals surface area (Å²) in [5.74, 6) is 0.842. The van der Waals surface area contributed by atoms with Crippen molar-refractivity contribution in [2.75, 3.05) is 39.4 Å². The average molecular weight is 436 g/mol. The SMILES string of the molecule is CCNC(=NCc1nc(C(C)(C)C)cs1)NCC(c1cccs1)N1CCOCC1. The fourth-order valence-corrected chi connectivity index (χ4v) is 4.99. The third-order valence-corrected chi connectivity index (χ3v) is 6.66. The molecule has 1 saturated heterocycles. The highest BCUT2D eigenvalue weighted by atomic mass is 32.1. The molecule has 0 saturated carbocycles. The smallest absolute Gasteiger partial charge is 0.191 e. The lowest BCUT2D eigenvalue weighted by atomic mass is 9.93. The van der Waals surface area contributed by atoms with Gasteiger partial charge in [0.2, 0.25) is 0 Å². The van der Waals surface area contributed by atoms with E-state index in [4.69, 9.17) is 14.7 Å². The predicted octanol–water partition coefficient (Wildman–Crippen LogP) is 3.63. The van der Waals surface area contributed by atoms with Crippen LogP contribution in [0.3, 0.4) is 0 Å². The number of hydrogen-bond acceptors (Lipinski definition) is 6. The molecule has 0 radical (unpaired) electrons. The van der Waals surface area contributed by atoms with Crippen molar-refractivity contribution in [3.05, 3.63) is 38.5 Å². The first kappa shape index (κ1) is 22.2. The van der Waals surface area contributed by atoms with Crippen molar-refractivity contribution in [1.29, 1.82) is 0 Å². The van der Waals surface area contributed by atoms with Crippen LogP contribution in [-0.2, 0) is 16.7 Å².